The van der Waals surface area contributed by atoms with E-state index in [4.69, 9.17) is 39.2 Å². The highest BCUT2D eigenvalue weighted by atomic mass is 35.5. The van der Waals surface area contributed by atoms with Crippen LogP contribution in [0.15, 0.2) is 34.7 Å². The zero-order valence-electron chi connectivity index (χ0n) is 11.1. The Kier molecular flexibility index (Phi) is 3.98. The fraction of sp³-hybridized carbons (Fsp3) is 0.133. The Balaban J connectivity index is 2.17. The van der Waals surface area contributed by atoms with E-state index in [2.05, 4.69) is 10.3 Å². The molecule has 0 saturated carbocycles. The molecule has 1 aromatic carbocycles. The van der Waals surface area contributed by atoms with Gasteiger partial charge >= 0.3 is 0 Å². The maximum absolute atomic E-state index is 6.24. The van der Waals surface area contributed by atoms with E-state index in [0.717, 1.165) is 5.39 Å². The van der Waals surface area contributed by atoms with Gasteiger partial charge in [0.05, 0.1) is 15.1 Å². The lowest BCUT2D eigenvalue weighted by atomic mass is 10.2. The number of para-hydroxylation sites is 1. The molecule has 3 rings (SSSR count). The van der Waals surface area contributed by atoms with Crippen molar-refractivity contribution in [1.29, 1.82) is 0 Å². The minimum Gasteiger partial charge on any atom is -0.453 e. The minimum absolute atomic E-state index is 0.428. The quantitative estimate of drug-likeness (QED) is 0.645. The Morgan fingerprint density at radius 2 is 1.90 bits per heavy atom. The molecule has 1 N–H and O–H groups in total. The molecule has 0 aliphatic carbocycles. The Morgan fingerprint density at radius 1 is 1.10 bits per heavy atom. The van der Waals surface area contributed by atoms with Gasteiger partial charge in [-0.3, -0.25) is 0 Å². The van der Waals surface area contributed by atoms with Crippen molar-refractivity contribution >= 4 is 51.6 Å². The Bertz CT molecular complexity index is 814. The summed E-state index contributed by atoms with van der Waals surface area (Å²) in [5, 5.41) is 5.44. The van der Waals surface area contributed by atoms with Crippen LogP contribution in [-0.4, -0.2) is 11.5 Å². The Labute approximate surface area is 136 Å². The lowest BCUT2D eigenvalue weighted by Gasteiger charge is -2.08. The highest BCUT2D eigenvalue weighted by Gasteiger charge is 2.15. The maximum Gasteiger partial charge on any atom is 0.155 e. The molecule has 108 valence electrons. The summed E-state index contributed by atoms with van der Waals surface area (Å²) < 4.78 is 5.79. The number of pyridine rings is 1. The van der Waals surface area contributed by atoms with E-state index in [1.165, 1.54) is 0 Å². The summed E-state index contributed by atoms with van der Waals surface area (Å²) in [6, 6.07) is 9.07. The molecule has 21 heavy (non-hydrogen) atoms. The smallest absolute Gasteiger partial charge is 0.155 e. The van der Waals surface area contributed by atoms with Gasteiger partial charge in [0.2, 0.25) is 0 Å². The normalized spacial score (nSPS) is 11.0. The van der Waals surface area contributed by atoms with Crippen LogP contribution in [0.4, 0.5) is 5.82 Å². The molecular weight excluding hydrogens is 331 g/mol. The van der Waals surface area contributed by atoms with Crippen LogP contribution >= 0.6 is 34.8 Å². The van der Waals surface area contributed by atoms with Crippen molar-refractivity contribution in [3.63, 3.8) is 0 Å². The predicted octanol–water partition coefficient (Wildman–Crippen LogP) is 5.89. The number of aromatic nitrogens is 1. The molecule has 0 amide bonds. The second-order valence-corrected chi connectivity index (χ2v) is 5.67. The second-order valence-electron chi connectivity index (χ2n) is 4.45. The van der Waals surface area contributed by atoms with Crippen LogP contribution in [0.5, 0.6) is 0 Å². The van der Waals surface area contributed by atoms with Gasteiger partial charge in [-0.15, -0.1) is 0 Å². The van der Waals surface area contributed by atoms with Gasteiger partial charge in [0.15, 0.2) is 11.3 Å². The van der Waals surface area contributed by atoms with Crippen molar-refractivity contribution in [2.24, 2.45) is 0 Å². The average molecular weight is 342 g/mol. The zero-order chi connectivity index (χ0) is 15.0. The predicted molar refractivity (Wildman–Crippen MR) is 88.6 cm³/mol. The number of hydrogen-bond acceptors (Lipinski definition) is 3. The molecule has 0 radical (unpaired) electrons. The number of fused-ring (bicyclic) bond motifs is 1. The minimum atomic E-state index is 0.428. The molecule has 3 aromatic rings. The van der Waals surface area contributed by atoms with Crippen molar-refractivity contribution in [3.8, 4) is 11.5 Å². The summed E-state index contributed by atoms with van der Waals surface area (Å²) in [4.78, 5) is 4.44. The molecule has 0 aliphatic rings. The fourth-order valence-corrected chi connectivity index (χ4v) is 2.81. The van der Waals surface area contributed by atoms with Gasteiger partial charge in [-0.1, -0.05) is 46.9 Å². The van der Waals surface area contributed by atoms with Gasteiger partial charge in [-0.25, -0.2) is 4.98 Å². The summed E-state index contributed by atoms with van der Waals surface area (Å²) >= 11 is 18.5. The molecule has 0 fully saturated rings. The third-order valence-corrected chi connectivity index (χ3v) is 3.88. The van der Waals surface area contributed by atoms with Crippen LogP contribution in [0.2, 0.25) is 15.1 Å². The molecule has 0 spiro atoms. The molecule has 0 bridgehead atoms. The number of furan rings is 1. The number of benzene rings is 1. The summed E-state index contributed by atoms with van der Waals surface area (Å²) in [6.45, 7) is 2.67. The highest BCUT2D eigenvalue weighted by molar-refractivity contribution is 6.37. The lowest BCUT2D eigenvalue weighted by molar-refractivity contribution is 0.629. The topological polar surface area (TPSA) is 38.1 Å². The second kappa shape index (κ2) is 5.76. The van der Waals surface area contributed by atoms with Crippen LogP contribution in [0.25, 0.3) is 22.4 Å². The highest BCUT2D eigenvalue weighted by Crippen LogP contribution is 2.36. The molecule has 2 heterocycles. The SMILES string of the molecule is CCNc1nc(-c2cc3cccc(Cl)c3o2)c(Cl)cc1Cl. The van der Waals surface area contributed by atoms with Crippen LogP contribution in [0.3, 0.4) is 0 Å². The molecule has 6 heteroatoms. The zero-order valence-corrected chi connectivity index (χ0v) is 13.4. The van der Waals surface area contributed by atoms with Gasteiger partial charge < -0.3 is 9.73 Å². The van der Waals surface area contributed by atoms with E-state index >= 15 is 0 Å². The van der Waals surface area contributed by atoms with E-state index in [1.807, 2.05) is 25.1 Å². The first kappa shape index (κ1) is 14.5. The third-order valence-electron chi connectivity index (χ3n) is 3.00. The van der Waals surface area contributed by atoms with Gasteiger partial charge in [0, 0.05) is 11.9 Å². The Morgan fingerprint density at radius 3 is 2.62 bits per heavy atom. The number of nitrogens with zero attached hydrogens (tertiary/aromatic N) is 1. The van der Waals surface area contributed by atoms with E-state index in [-0.39, 0.29) is 0 Å². The van der Waals surface area contributed by atoms with Crippen molar-refractivity contribution in [2.75, 3.05) is 11.9 Å². The number of nitrogens with one attached hydrogen (secondary N) is 1. The molecule has 2 aromatic heterocycles. The van der Waals surface area contributed by atoms with Crippen molar-refractivity contribution in [2.45, 2.75) is 6.92 Å². The fourth-order valence-electron chi connectivity index (χ4n) is 2.08. The largest absolute Gasteiger partial charge is 0.453 e. The molecule has 3 nitrogen and oxygen atoms in total. The van der Waals surface area contributed by atoms with Crippen molar-refractivity contribution in [3.05, 3.63) is 45.4 Å². The van der Waals surface area contributed by atoms with E-state index in [9.17, 15) is 0 Å². The van der Waals surface area contributed by atoms with Crippen LogP contribution in [0.1, 0.15) is 6.92 Å². The Hall–Kier alpha value is -1.42. The van der Waals surface area contributed by atoms with E-state index < -0.39 is 0 Å². The number of anilines is 1. The van der Waals surface area contributed by atoms with Crippen molar-refractivity contribution in [1.82, 2.24) is 4.98 Å². The number of rotatable bonds is 3. The molecule has 0 unspecified atom stereocenters. The summed E-state index contributed by atoms with van der Waals surface area (Å²) in [5.41, 5.74) is 1.15. The van der Waals surface area contributed by atoms with Gasteiger partial charge in [-0.2, -0.15) is 0 Å². The van der Waals surface area contributed by atoms with Crippen LogP contribution in [0, 0.1) is 0 Å². The molecule has 0 atom stereocenters. The average Bonchev–Trinajstić information content (AvgIpc) is 2.87. The standard InChI is InChI=1S/C15H11Cl3N2O/c1-2-19-15-11(18)7-10(17)13(20-15)12-6-8-4-3-5-9(16)14(8)21-12/h3-7H,2H2,1H3,(H,19,20). The summed E-state index contributed by atoms with van der Waals surface area (Å²) in [5.74, 6) is 1.13. The molecule has 0 aliphatic heterocycles. The lowest BCUT2D eigenvalue weighted by Crippen LogP contribution is -2.01. The summed E-state index contributed by atoms with van der Waals surface area (Å²) in [7, 11) is 0. The molecule has 0 saturated heterocycles. The monoisotopic (exact) mass is 340 g/mol. The van der Waals surface area contributed by atoms with E-state index in [0.29, 0.717) is 44.5 Å². The first-order chi connectivity index (χ1) is 10.1. The molecular formula is C15H11Cl3N2O. The first-order valence-electron chi connectivity index (χ1n) is 6.38. The van der Waals surface area contributed by atoms with Gasteiger partial charge in [0.1, 0.15) is 11.5 Å². The third kappa shape index (κ3) is 2.69. The van der Waals surface area contributed by atoms with Crippen molar-refractivity contribution < 1.29 is 4.42 Å². The van der Waals surface area contributed by atoms with Crippen LogP contribution in [-0.2, 0) is 0 Å². The number of halogens is 3. The van der Waals surface area contributed by atoms with Gasteiger partial charge in [0.25, 0.3) is 0 Å². The van der Waals surface area contributed by atoms with Gasteiger partial charge in [-0.05, 0) is 25.1 Å². The van der Waals surface area contributed by atoms with E-state index in [1.54, 1.807) is 12.1 Å². The maximum atomic E-state index is 6.24. The summed E-state index contributed by atoms with van der Waals surface area (Å²) in [6.07, 6.45) is 0. The number of hydrogen-bond donors (Lipinski definition) is 1. The van der Waals surface area contributed by atoms with Crippen LogP contribution < -0.4 is 5.32 Å². The first-order valence-corrected chi connectivity index (χ1v) is 7.52.